The largest absolute Gasteiger partial charge is 0.480 e. The van der Waals surface area contributed by atoms with Gasteiger partial charge in [0.25, 0.3) is 0 Å². The summed E-state index contributed by atoms with van der Waals surface area (Å²) in [6.45, 7) is 0.521. The standard InChI is InChI=1S/C18H23N3O4/c19-8-4-3-5-12(11-22)21-16(18(24)25)9-17(23)14-10-20-15-7-2-1-6-13(14)15/h1-2,6-7,10-12,16,20-21H,3-5,8-9,19H2,(H,24,25)/t12-,16?/m0/s1. The van der Waals surface area contributed by atoms with Crippen molar-refractivity contribution in [1.29, 1.82) is 0 Å². The molecule has 2 rings (SSSR count). The normalized spacial score (nSPS) is 13.5. The van der Waals surface area contributed by atoms with Crippen LogP contribution in [-0.2, 0) is 9.59 Å². The smallest absolute Gasteiger partial charge is 0.321 e. The fraction of sp³-hybridized carbons (Fsp3) is 0.389. The molecule has 0 amide bonds. The summed E-state index contributed by atoms with van der Waals surface area (Å²) in [4.78, 5) is 38.2. The molecule has 2 atom stereocenters. The van der Waals surface area contributed by atoms with Crippen molar-refractivity contribution in [3.8, 4) is 0 Å². The number of rotatable bonds is 11. The molecular weight excluding hydrogens is 322 g/mol. The van der Waals surface area contributed by atoms with Crippen LogP contribution < -0.4 is 11.1 Å². The molecule has 7 nitrogen and oxygen atoms in total. The molecule has 2 aromatic rings. The molecule has 0 aliphatic rings. The quantitative estimate of drug-likeness (QED) is 0.278. The van der Waals surface area contributed by atoms with Gasteiger partial charge >= 0.3 is 5.97 Å². The van der Waals surface area contributed by atoms with E-state index in [0.29, 0.717) is 24.8 Å². The van der Waals surface area contributed by atoms with Gasteiger partial charge in [0.2, 0.25) is 0 Å². The van der Waals surface area contributed by atoms with Gasteiger partial charge < -0.3 is 20.6 Å². The number of hydrogen-bond acceptors (Lipinski definition) is 5. The maximum atomic E-state index is 12.5. The number of benzene rings is 1. The number of hydrogen-bond donors (Lipinski definition) is 4. The van der Waals surface area contributed by atoms with E-state index in [1.54, 1.807) is 6.20 Å². The van der Waals surface area contributed by atoms with Crippen molar-refractivity contribution in [3.05, 3.63) is 36.0 Å². The van der Waals surface area contributed by atoms with Crippen molar-refractivity contribution in [1.82, 2.24) is 10.3 Å². The van der Waals surface area contributed by atoms with E-state index in [4.69, 9.17) is 5.73 Å². The first-order chi connectivity index (χ1) is 12.1. The van der Waals surface area contributed by atoms with Crippen LogP contribution in [0.1, 0.15) is 36.0 Å². The van der Waals surface area contributed by atoms with Crippen LogP contribution in [0.4, 0.5) is 0 Å². The number of aliphatic carboxylic acids is 1. The van der Waals surface area contributed by atoms with E-state index in [9.17, 15) is 19.5 Å². The minimum absolute atomic E-state index is 0.224. The van der Waals surface area contributed by atoms with Gasteiger partial charge in [0.05, 0.1) is 6.04 Å². The van der Waals surface area contributed by atoms with Gasteiger partial charge in [-0.25, -0.2) is 0 Å². The van der Waals surface area contributed by atoms with Crippen molar-refractivity contribution in [2.24, 2.45) is 5.73 Å². The molecule has 0 spiro atoms. The molecule has 1 aromatic carbocycles. The summed E-state index contributed by atoms with van der Waals surface area (Å²) < 4.78 is 0. The molecule has 1 aromatic heterocycles. The Morgan fingerprint density at radius 1 is 1.28 bits per heavy atom. The van der Waals surface area contributed by atoms with Crippen molar-refractivity contribution in [2.45, 2.75) is 37.8 Å². The molecule has 0 fully saturated rings. The van der Waals surface area contributed by atoms with E-state index < -0.39 is 18.1 Å². The maximum Gasteiger partial charge on any atom is 0.321 e. The molecule has 25 heavy (non-hydrogen) atoms. The number of nitrogens with two attached hydrogens (primary N) is 1. The molecule has 134 valence electrons. The first-order valence-electron chi connectivity index (χ1n) is 8.30. The Balaban J connectivity index is 2.06. The van der Waals surface area contributed by atoms with Crippen molar-refractivity contribution < 1.29 is 19.5 Å². The second-order valence-electron chi connectivity index (χ2n) is 5.96. The molecule has 0 bridgehead atoms. The SMILES string of the molecule is NCCCC[C@@H](C=O)NC(CC(=O)c1c[nH]c2ccccc12)C(=O)O. The number of carbonyl (C=O) groups excluding carboxylic acids is 2. The Kier molecular flexibility index (Phi) is 6.85. The van der Waals surface area contributed by atoms with E-state index >= 15 is 0 Å². The first-order valence-corrected chi connectivity index (χ1v) is 8.30. The highest BCUT2D eigenvalue weighted by Crippen LogP contribution is 2.19. The number of aromatic nitrogens is 1. The zero-order chi connectivity index (χ0) is 18.2. The third-order valence-electron chi connectivity index (χ3n) is 4.13. The Bertz CT molecular complexity index is 741. The van der Waals surface area contributed by atoms with Crippen LogP contribution in [0.3, 0.4) is 0 Å². The number of carboxylic acids is 1. The molecule has 0 saturated carbocycles. The molecule has 1 heterocycles. The summed E-state index contributed by atoms with van der Waals surface area (Å²) in [6.07, 6.45) is 4.02. The fourth-order valence-corrected chi connectivity index (χ4v) is 2.77. The van der Waals surface area contributed by atoms with Crippen LogP contribution in [0.5, 0.6) is 0 Å². The van der Waals surface area contributed by atoms with Crippen molar-refractivity contribution >= 4 is 28.9 Å². The van der Waals surface area contributed by atoms with Gasteiger partial charge in [-0.2, -0.15) is 0 Å². The highest BCUT2D eigenvalue weighted by atomic mass is 16.4. The number of para-hydroxylation sites is 1. The molecule has 5 N–H and O–H groups in total. The minimum Gasteiger partial charge on any atom is -0.480 e. The third kappa shape index (κ3) is 4.98. The fourth-order valence-electron chi connectivity index (χ4n) is 2.77. The molecule has 0 radical (unpaired) electrons. The van der Waals surface area contributed by atoms with E-state index in [-0.39, 0.29) is 12.2 Å². The predicted octanol–water partition coefficient (Wildman–Crippen LogP) is 1.48. The molecular formula is C18H23N3O4. The van der Waals surface area contributed by atoms with Gasteiger partial charge in [0.1, 0.15) is 12.3 Å². The number of aldehydes is 1. The van der Waals surface area contributed by atoms with Gasteiger partial charge in [-0.1, -0.05) is 24.6 Å². The highest BCUT2D eigenvalue weighted by molar-refractivity contribution is 6.09. The summed E-state index contributed by atoms with van der Waals surface area (Å²) in [7, 11) is 0. The number of fused-ring (bicyclic) bond motifs is 1. The lowest BCUT2D eigenvalue weighted by atomic mass is 10.0. The lowest BCUT2D eigenvalue weighted by molar-refractivity contribution is -0.139. The molecule has 1 unspecified atom stereocenters. The average Bonchev–Trinajstić information content (AvgIpc) is 3.04. The van der Waals surface area contributed by atoms with Gasteiger partial charge in [-0.15, -0.1) is 0 Å². The lowest BCUT2D eigenvalue weighted by Crippen LogP contribution is -2.45. The van der Waals surface area contributed by atoms with Crippen LogP contribution in [0.25, 0.3) is 10.9 Å². The summed E-state index contributed by atoms with van der Waals surface area (Å²) in [5.74, 6) is -1.44. The third-order valence-corrected chi connectivity index (χ3v) is 4.13. The zero-order valence-electron chi connectivity index (χ0n) is 13.9. The van der Waals surface area contributed by atoms with Crippen LogP contribution in [0, 0.1) is 0 Å². The number of unbranched alkanes of at least 4 members (excludes halogenated alkanes) is 1. The van der Waals surface area contributed by atoms with E-state index in [1.165, 1.54) is 0 Å². The Morgan fingerprint density at radius 2 is 2.04 bits per heavy atom. The van der Waals surface area contributed by atoms with Crippen LogP contribution >= 0.6 is 0 Å². The number of aromatic amines is 1. The summed E-state index contributed by atoms with van der Waals surface area (Å²) in [6, 6.07) is 5.60. The molecule has 0 aliphatic carbocycles. The van der Waals surface area contributed by atoms with Gasteiger partial charge in [-0.3, -0.25) is 14.9 Å². The predicted molar refractivity (Wildman–Crippen MR) is 94.6 cm³/mol. The van der Waals surface area contributed by atoms with E-state index in [0.717, 1.165) is 23.7 Å². The first kappa shape index (κ1) is 18.8. The molecule has 7 heteroatoms. The minimum atomic E-state index is -1.15. The Labute approximate surface area is 145 Å². The summed E-state index contributed by atoms with van der Waals surface area (Å²) in [5.41, 5.74) is 6.69. The van der Waals surface area contributed by atoms with E-state index in [2.05, 4.69) is 10.3 Å². The number of Topliss-reactive ketones (excluding diaryl/α,β-unsaturated/α-hetero) is 1. The van der Waals surface area contributed by atoms with Gasteiger partial charge in [0, 0.05) is 29.1 Å². The highest BCUT2D eigenvalue weighted by Gasteiger charge is 2.25. The Morgan fingerprint density at radius 3 is 2.72 bits per heavy atom. The topological polar surface area (TPSA) is 125 Å². The average molecular weight is 345 g/mol. The maximum absolute atomic E-state index is 12.5. The van der Waals surface area contributed by atoms with Gasteiger partial charge in [-0.05, 0) is 25.5 Å². The summed E-state index contributed by atoms with van der Waals surface area (Å²) in [5, 5.41) is 12.9. The number of nitrogens with one attached hydrogen (secondary N) is 2. The van der Waals surface area contributed by atoms with Crippen LogP contribution in [-0.4, -0.2) is 46.8 Å². The molecule has 0 saturated heterocycles. The lowest BCUT2D eigenvalue weighted by Gasteiger charge is -2.18. The number of carbonyl (C=O) groups is 3. The number of carboxylic acid groups (broad SMARTS) is 1. The second kappa shape index (κ2) is 9.10. The monoisotopic (exact) mass is 345 g/mol. The second-order valence-corrected chi connectivity index (χ2v) is 5.96. The molecule has 0 aliphatic heterocycles. The number of H-pyrrole nitrogens is 1. The number of ketones is 1. The van der Waals surface area contributed by atoms with Crippen molar-refractivity contribution in [2.75, 3.05) is 6.54 Å². The van der Waals surface area contributed by atoms with Crippen LogP contribution in [0.15, 0.2) is 30.5 Å². The van der Waals surface area contributed by atoms with E-state index in [1.807, 2.05) is 24.3 Å². The van der Waals surface area contributed by atoms with Crippen LogP contribution in [0.2, 0.25) is 0 Å². The van der Waals surface area contributed by atoms with Crippen molar-refractivity contribution in [3.63, 3.8) is 0 Å². The Hall–Kier alpha value is -2.51. The zero-order valence-corrected chi connectivity index (χ0v) is 13.9. The summed E-state index contributed by atoms with van der Waals surface area (Å²) >= 11 is 0. The van der Waals surface area contributed by atoms with Gasteiger partial charge in [0.15, 0.2) is 5.78 Å².